The lowest BCUT2D eigenvalue weighted by molar-refractivity contribution is 0.206. The summed E-state index contributed by atoms with van der Waals surface area (Å²) in [6, 6.07) is 7.65. The van der Waals surface area contributed by atoms with Crippen molar-refractivity contribution in [2.24, 2.45) is 0 Å². The van der Waals surface area contributed by atoms with Gasteiger partial charge < -0.3 is 4.74 Å². The maximum atomic E-state index is 13.3. The minimum absolute atomic E-state index is 0.175. The second kappa shape index (κ2) is 7.00. The molecule has 1 atom stereocenters. The summed E-state index contributed by atoms with van der Waals surface area (Å²) in [7, 11) is -3.55. The zero-order chi connectivity index (χ0) is 19.1. The lowest BCUT2D eigenvalue weighted by Gasteiger charge is -2.22. The van der Waals surface area contributed by atoms with Gasteiger partial charge in [0.05, 0.1) is 11.4 Å². The van der Waals surface area contributed by atoms with Crippen molar-refractivity contribution in [3.05, 3.63) is 52.2 Å². The molecule has 1 unspecified atom stereocenters. The fourth-order valence-corrected chi connectivity index (χ4v) is 5.53. The van der Waals surface area contributed by atoms with E-state index >= 15 is 0 Å². The van der Waals surface area contributed by atoms with Gasteiger partial charge in [0.2, 0.25) is 15.9 Å². The lowest BCUT2D eigenvalue weighted by Crippen LogP contribution is -2.32. The molecule has 1 aromatic carbocycles. The van der Waals surface area contributed by atoms with Crippen LogP contribution in [0, 0.1) is 34.6 Å². The van der Waals surface area contributed by atoms with Crippen LogP contribution in [0.25, 0.3) is 0 Å². The van der Waals surface area contributed by atoms with E-state index in [0.29, 0.717) is 30.3 Å². The zero-order valence-corrected chi connectivity index (χ0v) is 16.9. The van der Waals surface area contributed by atoms with Gasteiger partial charge in [-0.3, -0.25) is 0 Å². The van der Waals surface area contributed by atoms with Crippen LogP contribution in [-0.2, 0) is 10.0 Å². The summed E-state index contributed by atoms with van der Waals surface area (Å²) in [5.41, 5.74) is 4.55. The Balaban J connectivity index is 1.84. The highest BCUT2D eigenvalue weighted by atomic mass is 32.2. The molecule has 140 valence electrons. The van der Waals surface area contributed by atoms with Gasteiger partial charge in [-0.1, -0.05) is 12.1 Å². The van der Waals surface area contributed by atoms with Gasteiger partial charge in [-0.25, -0.2) is 13.4 Å². The normalized spacial score (nSPS) is 18.3. The molecule has 5 nitrogen and oxygen atoms in total. The highest BCUT2D eigenvalue weighted by Crippen LogP contribution is 2.31. The molecule has 1 aliphatic heterocycles. The number of ether oxygens (including phenoxy) is 1. The molecule has 0 N–H and O–H groups in total. The Morgan fingerprint density at radius 2 is 1.73 bits per heavy atom. The molecule has 0 amide bonds. The lowest BCUT2D eigenvalue weighted by atomic mass is 10.0. The second-order valence-electron chi connectivity index (χ2n) is 7.10. The summed E-state index contributed by atoms with van der Waals surface area (Å²) >= 11 is 0. The molecule has 1 aromatic heterocycles. The number of sulfonamides is 1. The molecule has 6 heteroatoms. The number of aryl methyl sites for hydroxylation is 3. The molecular formula is C20H26N2O3S. The molecule has 1 fully saturated rings. The van der Waals surface area contributed by atoms with E-state index in [4.69, 9.17) is 4.74 Å². The highest BCUT2D eigenvalue weighted by molar-refractivity contribution is 7.89. The van der Waals surface area contributed by atoms with Crippen molar-refractivity contribution < 1.29 is 13.2 Å². The van der Waals surface area contributed by atoms with E-state index in [2.05, 4.69) is 4.98 Å². The van der Waals surface area contributed by atoms with Crippen LogP contribution in [0.3, 0.4) is 0 Å². The fraction of sp³-hybridized carbons (Fsp3) is 0.450. The van der Waals surface area contributed by atoms with Crippen molar-refractivity contribution in [2.45, 2.75) is 52.0 Å². The second-order valence-corrected chi connectivity index (χ2v) is 8.97. The highest BCUT2D eigenvalue weighted by Gasteiger charge is 2.36. The third-order valence-electron chi connectivity index (χ3n) is 5.15. The maximum absolute atomic E-state index is 13.3. The third kappa shape index (κ3) is 3.48. The largest absolute Gasteiger partial charge is 0.473 e. The molecule has 3 rings (SSSR count). The van der Waals surface area contributed by atoms with Crippen LogP contribution in [0.1, 0.15) is 34.4 Å². The summed E-state index contributed by atoms with van der Waals surface area (Å²) < 4.78 is 34.0. The smallest absolute Gasteiger partial charge is 0.243 e. The molecule has 1 aliphatic rings. The average Bonchev–Trinajstić information content (AvgIpc) is 3.02. The van der Waals surface area contributed by atoms with Gasteiger partial charge in [0.1, 0.15) is 6.10 Å². The summed E-state index contributed by atoms with van der Waals surface area (Å²) in [6.45, 7) is 10.4. The minimum Gasteiger partial charge on any atom is -0.473 e. The monoisotopic (exact) mass is 374 g/mol. The topological polar surface area (TPSA) is 59.5 Å². The first-order chi connectivity index (χ1) is 12.2. The zero-order valence-electron chi connectivity index (χ0n) is 16.0. The van der Waals surface area contributed by atoms with E-state index in [0.717, 1.165) is 27.9 Å². The first-order valence-corrected chi connectivity index (χ1v) is 10.3. The van der Waals surface area contributed by atoms with Crippen LogP contribution in [0.4, 0.5) is 0 Å². The van der Waals surface area contributed by atoms with Crippen LogP contribution in [0.2, 0.25) is 0 Å². The van der Waals surface area contributed by atoms with E-state index in [1.165, 1.54) is 0 Å². The number of hydrogen-bond acceptors (Lipinski definition) is 4. The van der Waals surface area contributed by atoms with E-state index in [1.54, 1.807) is 4.31 Å². The average molecular weight is 375 g/mol. The molecule has 0 bridgehead atoms. The molecular weight excluding hydrogens is 348 g/mol. The Labute approximate surface area is 156 Å². The van der Waals surface area contributed by atoms with Gasteiger partial charge in [0, 0.05) is 18.3 Å². The molecule has 1 saturated heterocycles. The van der Waals surface area contributed by atoms with Crippen LogP contribution in [0.15, 0.2) is 29.2 Å². The van der Waals surface area contributed by atoms with Crippen molar-refractivity contribution in [1.29, 1.82) is 0 Å². The quantitative estimate of drug-likeness (QED) is 0.822. The summed E-state index contributed by atoms with van der Waals surface area (Å²) in [6.07, 6.45) is 0.489. The van der Waals surface area contributed by atoms with Gasteiger partial charge in [-0.05, 0) is 69.4 Å². The number of pyridine rings is 1. The van der Waals surface area contributed by atoms with Crippen LogP contribution in [-0.4, -0.2) is 36.9 Å². The molecule has 0 spiro atoms. The minimum atomic E-state index is -3.55. The van der Waals surface area contributed by atoms with Crippen LogP contribution < -0.4 is 4.74 Å². The van der Waals surface area contributed by atoms with Crippen molar-refractivity contribution in [2.75, 3.05) is 13.1 Å². The van der Waals surface area contributed by atoms with E-state index in [-0.39, 0.29) is 6.10 Å². The molecule has 0 saturated carbocycles. The number of aromatic nitrogens is 1. The van der Waals surface area contributed by atoms with Gasteiger partial charge in [0.15, 0.2) is 0 Å². The first kappa shape index (κ1) is 18.9. The van der Waals surface area contributed by atoms with Crippen LogP contribution >= 0.6 is 0 Å². The Morgan fingerprint density at radius 3 is 2.35 bits per heavy atom. The SMILES string of the molecule is Cc1cccc(OC2CCN(S(=O)(=O)c3c(C)c(C)cc(C)c3C)C2)n1. The van der Waals surface area contributed by atoms with Crippen LogP contribution in [0.5, 0.6) is 5.88 Å². The van der Waals surface area contributed by atoms with Gasteiger partial charge >= 0.3 is 0 Å². The van der Waals surface area contributed by atoms with E-state index in [9.17, 15) is 8.42 Å². The van der Waals surface area contributed by atoms with Gasteiger partial charge in [-0.15, -0.1) is 0 Å². The van der Waals surface area contributed by atoms with Gasteiger partial charge in [0.25, 0.3) is 0 Å². The number of nitrogens with zero attached hydrogens (tertiary/aromatic N) is 2. The maximum Gasteiger partial charge on any atom is 0.243 e. The predicted octanol–water partition coefficient (Wildman–Crippen LogP) is 3.47. The molecule has 2 aromatic rings. The molecule has 0 aliphatic carbocycles. The number of hydrogen-bond donors (Lipinski definition) is 0. The predicted molar refractivity (Wildman–Crippen MR) is 102 cm³/mol. The van der Waals surface area contributed by atoms with Crippen molar-refractivity contribution in [1.82, 2.24) is 9.29 Å². The Hall–Kier alpha value is -1.92. The van der Waals surface area contributed by atoms with Gasteiger partial charge in [-0.2, -0.15) is 4.31 Å². The van der Waals surface area contributed by atoms with E-state index in [1.807, 2.05) is 58.9 Å². The Bertz CT molecular complexity index is 912. The molecule has 0 radical (unpaired) electrons. The summed E-state index contributed by atoms with van der Waals surface area (Å²) in [4.78, 5) is 4.79. The summed E-state index contributed by atoms with van der Waals surface area (Å²) in [5, 5.41) is 0. The molecule has 26 heavy (non-hydrogen) atoms. The number of benzene rings is 1. The Kier molecular flexibility index (Phi) is 5.08. The van der Waals surface area contributed by atoms with Crippen molar-refractivity contribution in [3.8, 4) is 5.88 Å². The fourth-order valence-electron chi connectivity index (χ4n) is 3.46. The first-order valence-electron chi connectivity index (χ1n) is 8.88. The van der Waals surface area contributed by atoms with E-state index < -0.39 is 10.0 Å². The third-order valence-corrected chi connectivity index (χ3v) is 7.29. The Morgan fingerprint density at radius 1 is 1.08 bits per heavy atom. The van der Waals surface area contributed by atoms with Crippen molar-refractivity contribution in [3.63, 3.8) is 0 Å². The van der Waals surface area contributed by atoms with Crippen molar-refractivity contribution >= 4 is 10.0 Å². The summed E-state index contributed by atoms with van der Waals surface area (Å²) in [5.74, 6) is 0.549. The number of rotatable bonds is 4. The molecule has 2 heterocycles. The standard InChI is InChI=1S/C20H26N2O3S/c1-13-11-14(2)17(5)20(16(13)4)26(23,24)22-10-9-18(12-22)25-19-8-6-7-15(3)21-19/h6-8,11,18H,9-10,12H2,1-5H3.